The number of nitrogens with two attached hydrogens (primary N) is 1. The predicted octanol–water partition coefficient (Wildman–Crippen LogP) is -0.0222. The highest BCUT2D eigenvalue weighted by Gasteiger charge is 2.32. The van der Waals surface area contributed by atoms with Crippen molar-refractivity contribution in [2.45, 2.75) is 71.1 Å². The summed E-state index contributed by atoms with van der Waals surface area (Å²) in [7, 11) is 0. The normalized spacial score (nSPS) is 14.4. The zero-order valence-electron chi connectivity index (χ0n) is 20.9. The standard InChI is InChI=1S/C24H36N4O8/c1-12(2)9-17(23(34)28-20(13(3)4)24(35)36)27-22(33)18(11-19(30)31)26-21(32)16(25)10-14-5-7-15(29)8-6-14/h5-8,12-13,16-18,20,29H,9-11,25H2,1-4H3,(H,26,32)(H,27,33)(H,28,34)(H,30,31)(H,35,36). The van der Waals surface area contributed by atoms with Gasteiger partial charge in [0.1, 0.15) is 23.9 Å². The first-order chi connectivity index (χ1) is 16.7. The Hall–Kier alpha value is -3.67. The molecule has 0 aliphatic carbocycles. The van der Waals surface area contributed by atoms with Gasteiger partial charge in [-0.2, -0.15) is 0 Å². The number of nitrogens with one attached hydrogen (secondary N) is 3. The summed E-state index contributed by atoms with van der Waals surface area (Å²) in [6.07, 6.45) is -0.545. The van der Waals surface area contributed by atoms with E-state index in [0.717, 1.165) is 0 Å². The number of aliphatic carboxylic acids is 2. The van der Waals surface area contributed by atoms with E-state index in [0.29, 0.717) is 5.56 Å². The fourth-order valence-electron chi connectivity index (χ4n) is 3.38. The van der Waals surface area contributed by atoms with Crippen molar-refractivity contribution in [3.05, 3.63) is 29.8 Å². The molecule has 0 heterocycles. The largest absolute Gasteiger partial charge is 0.508 e. The number of amides is 3. The lowest BCUT2D eigenvalue weighted by atomic mass is 10.00. The van der Waals surface area contributed by atoms with E-state index in [1.165, 1.54) is 12.1 Å². The van der Waals surface area contributed by atoms with Crippen molar-refractivity contribution < 1.29 is 39.3 Å². The van der Waals surface area contributed by atoms with E-state index in [2.05, 4.69) is 16.0 Å². The summed E-state index contributed by atoms with van der Waals surface area (Å²) in [4.78, 5) is 61.2. The number of benzene rings is 1. The van der Waals surface area contributed by atoms with Gasteiger partial charge in [0.2, 0.25) is 17.7 Å². The summed E-state index contributed by atoms with van der Waals surface area (Å²) in [5.74, 6) is -5.48. The Balaban J connectivity index is 2.98. The number of carboxylic acids is 2. The molecule has 0 aliphatic heterocycles. The average Bonchev–Trinajstić information content (AvgIpc) is 2.76. The van der Waals surface area contributed by atoms with Gasteiger partial charge in [0.25, 0.3) is 0 Å². The molecule has 0 saturated carbocycles. The predicted molar refractivity (Wildman–Crippen MR) is 130 cm³/mol. The third kappa shape index (κ3) is 10.3. The molecule has 36 heavy (non-hydrogen) atoms. The van der Waals surface area contributed by atoms with Gasteiger partial charge >= 0.3 is 11.9 Å². The van der Waals surface area contributed by atoms with Crippen molar-refractivity contribution >= 4 is 29.7 Å². The number of carbonyl (C=O) groups is 5. The van der Waals surface area contributed by atoms with Gasteiger partial charge < -0.3 is 37.0 Å². The molecule has 4 unspecified atom stereocenters. The maximum absolute atomic E-state index is 12.9. The Morgan fingerprint density at radius 3 is 1.83 bits per heavy atom. The zero-order chi connectivity index (χ0) is 27.6. The van der Waals surface area contributed by atoms with E-state index in [4.69, 9.17) is 5.73 Å². The second-order valence-electron chi connectivity index (χ2n) is 9.40. The molecule has 0 aromatic heterocycles. The van der Waals surface area contributed by atoms with E-state index in [1.54, 1.807) is 39.8 Å². The van der Waals surface area contributed by atoms with Crippen molar-refractivity contribution in [2.24, 2.45) is 17.6 Å². The van der Waals surface area contributed by atoms with Crippen molar-refractivity contribution in [2.75, 3.05) is 0 Å². The monoisotopic (exact) mass is 508 g/mol. The molecule has 12 nitrogen and oxygen atoms in total. The smallest absolute Gasteiger partial charge is 0.326 e. The minimum atomic E-state index is -1.52. The van der Waals surface area contributed by atoms with Gasteiger partial charge in [-0.05, 0) is 42.4 Å². The van der Waals surface area contributed by atoms with Crippen LogP contribution in [0.5, 0.6) is 5.75 Å². The Labute approximate surface area is 209 Å². The van der Waals surface area contributed by atoms with Crippen LogP contribution in [0.1, 0.15) is 46.1 Å². The summed E-state index contributed by atoms with van der Waals surface area (Å²) in [5.41, 5.74) is 6.56. The number of phenols is 1. The van der Waals surface area contributed by atoms with Crippen molar-refractivity contribution in [3.63, 3.8) is 0 Å². The van der Waals surface area contributed by atoms with Crippen LogP contribution in [0.15, 0.2) is 24.3 Å². The molecule has 0 fully saturated rings. The summed E-state index contributed by atoms with van der Waals surface area (Å²) >= 11 is 0. The number of carboxylic acid groups (broad SMARTS) is 2. The van der Waals surface area contributed by atoms with Crippen molar-refractivity contribution in [1.29, 1.82) is 0 Å². The van der Waals surface area contributed by atoms with Crippen LogP contribution in [0.2, 0.25) is 0 Å². The topological polar surface area (TPSA) is 208 Å². The second kappa shape index (κ2) is 14.0. The maximum Gasteiger partial charge on any atom is 0.326 e. The third-order valence-corrected chi connectivity index (χ3v) is 5.31. The van der Waals surface area contributed by atoms with E-state index in [-0.39, 0.29) is 24.5 Å². The minimum absolute atomic E-state index is 0.0398. The molecule has 0 aliphatic rings. The first-order valence-electron chi connectivity index (χ1n) is 11.6. The molecular formula is C24H36N4O8. The Bertz CT molecular complexity index is 933. The summed E-state index contributed by atoms with van der Waals surface area (Å²) in [6, 6.07) is 1.01. The van der Waals surface area contributed by atoms with Crippen LogP contribution < -0.4 is 21.7 Å². The number of carbonyl (C=O) groups excluding carboxylic acids is 3. The molecule has 4 atom stereocenters. The molecule has 1 aromatic rings. The van der Waals surface area contributed by atoms with Gasteiger partial charge in [-0.25, -0.2) is 4.79 Å². The van der Waals surface area contributed by atoms with Gasteiger partial charge in [0.05, 0.1) is 12.5 Å². The molecule has 1 rings (SSSR count). The van der Waals surface area contributed by atoms with Crippen LogP contribution in [-0.2, 0) is 30.4 Å². The van der Waals surface area contributed by atoms with Crippen molar-refractivity contribution in [1.82, 2.24) is 16.0 Å². The summed E-state index contributed by atoms with van der Waals surface area (Å²) in [6.45, 7) is 6.83. The molecule has 3 amide bonds. The number of hydrogen-bond donors (Lipinski definition) is 7. The molecule has 0 bridgehead atoms. The number of phenolic OH excluding ortho intramolecular Hbond substituents is 1. The quantitative estimate of drug-likeness (QED) is 0.180. The molecule has 12 heteroatoms. The van der Waals surface area contributed by atoms with Crippen molar-refractivity contribution in [3.8, 4) is 5.75 Å². The van der Waals surface area contributed by atoms with E-state index < -0.39 is 66.2 Å². The average molecular weight is 509 g/mol. The molecule has 0 saturated heterocycles. The molecule has 200 valence electrons. The third-order valence-electron chi connectivity index (χ3n) is 5.31. The number of hydrogen-bond acceptors (Lipinski definition) is 7. The maximum atomic E-state index is 12.9. The fraction of sp³-hybridized carbons (Fsp3) is 0.542. The van der Waals surface area contributed by atoms with Crippen LogP contribution in [0.3, 0.4) is 0 Å². The fourth-order valence-corrected chi connectivity index (χ4v) is 3.38. The highest BCUT2D eigenvalue weighted by Crippen LogP contribution is 2.12. The molecule has 0 spiro atoms. The Kier molecular flexibility index (Phi) is 11.8. The Morgan fingerprint density at radius 1 is 0.833 bits per heavy atom. The van der Waals surface area contributed by atoms with Gasteiger partial charge in [-0.3, -0.25) is 19.2 Å². The molecular weight excluding hydrogens is 472 g/mol. The zero-order valence-corrected chi connectivity index (χ0v) is 20.9. The van der Waals surface area contributed by atoms with Gasteiger partial charge in [0, 0.05) is 0 Å². The van der Waals surface area contributed by atoms with Crippen LogP contribution in [0.25, 0.3) is 0 Å². The van der Waals surface area contributed by atoms with Crippen LogP contribution in [-0.4, -0.2) is 69.1 Å². The van der Waals surface area contributed by atoms with Crippen LogP contribution in [0, 0.1) is 11.8 Å². The number of aromatic hydroxyl groups is 1. The lowest BCUT2D eigenvalue weighted by Crippen LogP contribution is -2.58. The minimum Gasteiger partial charge on any atom is -0.508 e. The van der Waals surface area contributed by atoms with E-state index in [9.17, 15) is 39.3 Å². The van der Waals surface area contributed by atoms with Crippen LogP contribution in [0.4, 0.5) is 0 Å². The highest BCUT2D eigenvalue weighted by molar-refractivity contribution is 5.95. The van der Waals surface area contributed by atoms with E-state index >= 15 is 0 Å². The lowest BCUT2D eigenvalue weighted by molar-refractivity contribution is -0.144. The molecule has 1 aromatic carbocycles. The van der Waals surface area contributed by atoms with Crippen LogP contribution >= 0.6 is 0 Å². The Morgan fingerprint density at radius 2 is 1.36 bits per heavy atom. The van der Waals surface area contributed by atoms with Gasteiger partial charge in [-0.15, -0.1) is 0 Å². The van der Waals surface area contributed by atoms with E-state index in [1.807, 2.05) is 0 Å². The van der Waals surface area contributed by atoms with Gasteiger partial charge in [0.15, 0.2) is 0 Å². The SMILES string of the molecule is CC(C)CC(NC(=O)C(CC(=O)O)NC(=O)C(N)Cc1ccc(O)cc1)C(=O)NC(C(=O)O)C(C)C. The summed E-state index contributed by atoms with van der Waals surface area (Å²) in [5, 5.41) is 35.1. The number of rotatable bonds is 14. The molecule has 0 radical (unpaired) electrons. The lowest BCUT2D eigenvalue weighted by Gasteiger charge is -2.26. The molecule has 8 N–H and O–H groups in total. The summed E-state index contributed by atoms with van der Waals surface area (Å²) < 4.78 is 0. The first-order valence-corrected chi connectivity index (χ1v) is 11.6. The second-order valence-corrected chi connectivity index (χ2v) is 9.40. The first kappa shape index (κ1) is 30.4. The van der Waals surface area contributed by atoms with Gasteiger partial charge in [-0.1, -0.05) is 39.8 Å². The highest BCUT2D eigenvalue weighted by atomic mass is 16.4.